The summed E-state index contributed by atoms with van der Waals surface area (Å²) in [6.45, 7) is 1.83. The van der Waals surface area contributed by atoms with Gasteiger partial charge < -0.3 is 14.9 Å². The molecule has 3 atom stereocenters. The fourth-order valence-corrected chi connectivity index (χ4v) is 1.74. The molecule has 0 aromatic heterocycles. The highest BCUT2D eigenvalue weighted by Crippen LogP contribution is 2.27. The Kier molecular flexibility index (Phi) is 5.18. The van der Waals surface area contributed by atoms with Crippen LogP contribution >= 0.6 is 11.6 Å². The fourth-order valence-electron chi connectivity index (χ4n) is 1.49. The smallest absolute Gasteiger partial charge is 0.211 e. The van der Waals surface area contributed by atoms with E-state index in [-0.39, 0.29) is 0 Å². The molecule has 4 N–H and O–H groups in total. The molecule has 1 aromatic rings. The van der Waals surface area contributed by atoms with E-state index < -0.39 is 18.6 Å². The van der Waals surface area contributed by atoms with Gasteiger partial charge in [-0.25, -0.2) is 0 Å². The van der Waals surface area contributed by atoms with E-state index in [0.717, 1.165) is 0 Å². The number of rotatable bonds is 5. The average molecular weight is 246 g/mol. The summed E-state index contributed by atoms with van der Waals surface area (Å²) >= 11 is 5.95. The lowest BCUT2D eigenvalue weighted by Crippen LogP contribution is -2.32. The van der Waals surface area contributed by atoms with Gasteiger partial charge in [0, 0.05) is 10.6 Å². The minimum atomic E-state index is -1.40. The number of ether oxygens (including phenoxy) is 1. The van der Waals surface area contributed by atoms with Crippen molar-refractivity contribution >= 4 is 11.6 Å². The quantitative estimate of drug-likeness (QED) is 0.686. The Morgan fingerprint density at radius 3 is 2.50 bits per heavy atom. The molecule has 0 saturated carbocycles. The molecule has 0 aliphatic rings. The van der Waals surface area contributed by atoms with E-state index in [9.17, 15) is 5.11 Å². The van der Waals surface area contributed by atoms with E-state index in [4.69, 9.17) is 27.2 Å². The zero-order chi connectivity index (χ0) is 12.1. The predicted octanol–water partition coefficient (Wildman–Crippen LogP) is 1.40. The molecular formula is C11H16ClNO3. The van der Waals surface area contributed by atoms with Crippen molar-refractivity contribution in [1.82, 2.24) is 0 Å². The van der Waals surface area contributed by atoms with Crippen molar-refractivity contribution in [2.75, 3.05) is 0 Å². The van der Waals surface area contributed by atoms with E-state index >= 15 is 0 Å². The van der Waals surface area contributed by atoms with E-state index in [1.165, 1.54) is 0 Å². The second-order valence-electron chi connectivity index (χ2n) is 3.44. The fraction of sp³-hybridized carbons (Fsp3) is 0.455. The van der Waals surface area contributed by atoms with Crippen LogP contribution in [0.25, 0.3) is 0 Å². The van der Waals surface area contributed by atoms with Crippen molar-refractivity contribution in [3.05, 3.63) is 34.9 Å². The number of aliphatic hydroxyl groups is 2. The normalized spacial score (nSPS) is 16.8. The molecule has 0 spiro atoms. The first kappa shape index (κ1) is 13.4. The lowest BCUT2D eigenvalue weighted by molar-refractivity contribution is -0.163. The lowest BCUT2D eigenvalue weighted by atomic mass is 10.0. The third kappa shape index (κ3) is 3.43. The SMILES string of the molecule is CC[C@H](OC(N)O)[C@@H](O)c1ccccc1Cl. The van der Waals surface area contributed by atoms with Gasteiger partial charge in [-0.1, -0.05) is 36.7 Å². The molecule has 0 aliphatic carbocycles. The van der Waals surface area contributed by atoms with E-state index in [0.29, 0.717) is 17.0 Å². The summed E-state index contributed by atoms with van der Waals surface area (Å²) < 4.78 is 5.00. The molecule has 1 rings (SSSR count). The molecule has 0 bridgehead atoms. The van der Waals surface area contributed by atoms with Gasteiger partial charge in [-0.2, -0.15) is 0 Å². The molecule has 16 heavy (non-hydrogen) atoms. The van der Waals surface area contributed by atoms with Crippen LogP contribution in [0.2, 0.25) is 5.02 Å². The van der Waals surface area contributed by atoms with Crippen LogP contribution in [-0.4, -0.2) is 22.7 Å². The molecule has 0 aliphatic heterocycles. The minimum absolute atomic E-state index is 0.462. The highest BCUT2D eigenvalue weighted by Gasteiger charge is 2.23. The van der Waals surface area contributed by atoms with Crippen LogP contribution in [0.1, 0.15) is 25.0 Å². The highest BCUT2D eigenvalue weighted by molar-refractivity contribution is 6.31. The molecule has 0 fully saturated rings. The van der Waals surface area contributed by atoms with Crippen molar-refractivity contribution in [2.24, 2.45) is 5.73 Å². The van der Waals surface area contributed by atoms with Gasteiger partial charge in [0.05, 0.1) is 6.10 Å². The summed E-state index contributed by atoms with van der Waals surface area (Å²) in [5.41, 5.74) is 5.68. The van der Waals surface area contributed by atoms with Crippen LogP contribution in [0.4, 0.5) is 0 Å². The number of hydrogen-bond acceptors (Lipinski definition) is 4. The second-order valence-corrected chi connectivity index (χ2v) is 3.85. The Hall–Kier alpha value is -0.650. The Bertz CT molecular complexity index is 333. The van der Waals surface area contributed by atoms with Crippen molar-refractivity contribution in [3.8, 4) is 0 Å². The number of halogens is 1. The van der Waals surface area contributed by atoms with Crippen LogP contribution in [0.15, 0.2) is 24.3 Å². The van der Waals surface area contributed by atoms with Gasteiger partial charge in [0.25, 0.3) is 0 Å². The summed E-state index contributed by atoms with van der Waals surface area (Å²) in [5.74, 6) is 0. The van der Waals surface area contributed by atoms with Gasteiger partial charge in [0.2, 0.25) is 6.41 Å². The minimum Gasteiger partial charge on any atom is -0.386 e. The molecule has 0 heterocycles. The lowest BCUT2D eigenvalue weighted by Gasteiger charge is -2.24. The van der Waals surface area contributed by atoms with Gasteiger partial charge >= 0.3 is 0 Å². The van der Waals surface area contributed by atoms with Crippen molar-refractivity contribution in [1.29, 1.82) is 0 Å². The van der Waals surface area contributed by atoms with Gasteiger partial charge in [-0.3, -0.25) is 5.73 Å². The van der Waals surface area contributed by atoms with Crippen LogP contribution in [-0.2, 0) is 4.74 Å². The monoisotopic (exact) mass is 245 g/mol. The van der Waals surface area contributed by atoms with Crippen molar-refractivity contribution in [3.63, 3.8) is 0 Å². The third-order valence-electron chi connectivity index (χ3n) is 2.29. The molecular weight excluding hydrogens is 230 g/mol. The number of aliphatic hydroxyl groups excluding tert-OH is 2. The number of hydrogen-bond donors (Lipinski definition) is 3. The molecule has 4 nitrogen and oxygen atoms in total. The highest BCUT2D eigenvalue weighted by atomic mass is 35.5. The summed E-state index contributed by atoms with van der Waals surface area (Å²) in [7, 11) is 0. The maximum absolute atomic E-state index is 10.0. The van der Waals surface area contributed by atoms with Gasteiger partial charge in [-0.15, -0.1) is 0 Å². The number of benzene rings is 1. The molecule has 0 radical (unpaired) electrons. The molecule has 1 aromatic carbocycles. The molecule has 5 heteroatoms. The van der Waals surface area contributed by atoms with Gasteiger partial charge in [-0.05, 0) is 12.5 Å². The van der Waals surface area contributed by atoms with Crippen LogP contribution in [0.3, 0.4) is 0 Å². The second kappa shape index (κ2) is 6.18. The summed E-state index contributed by atoms with van der Waals surface area (Å²) in [5, 5.41) is 19.4. The first-order valence-corrected chi connectivity index (χ1v) is 5.45. The zero-order valence-electron chi connectivity index (χ0n) is 9.01. The van der Waals surface area contributed by atoms with E-state index in [1.54, 1.807) is 24.3 Å². The number of nitrogens with two attached hydrogens (primary N) is 1. The first-order valence-electron chi connectivity index (χ1n) is 5.07. The van der Waals surface area contributed by atoms with Gasteiger partial charge in [0.1, 0.15) is 6.10 Å². The van der Waals surface area contributed by atoms with Crippen molar-refractivity contribution in [2.45, 2.75) is 32.0 Å². The van der Waals surface area contributed by atoms with E-state index in [2.05, 4.69) is 0 Å². The largest absolute Gasteiger partial charge is 0.386 e. The predicted molar refractivity (Wildman–Crippen MR) is 61.8 cm³/mol. The molecule has 1 unspecified atom stereocenters. The summed E-state index contributed by atoms with van der Waals surface area (Å²) in [4.78, 5) is 0. The van der Waals surface area contributed by atoms with E-state index in [1.807, 2.05) is 6.92 Å². The van der Waals surface area contributed by atoms with Crippen LogP contribution in [0, 0.1) is 0 Å². The Morgan fingerprint density at radius 2 is 2.00 bits per heavy atom. The maximum atomic E-state index is 10.0. The summed E-state index contributed by atoms with van der Waals surface area (Å²) in [6.07, 6.45) is -2.38. The first-order chi connectivity index (χ1) is 7.56. The van der Waals surface area contributed by atoms with Crippen LogP contribution < -0.4 is 5.73 Å². The molecule has 0 saturated heterocycles. The third-order valence-corrected chi connectivity index (χ3v) is 2.64. The zero-order valence-corrected chi connectivity index (χ0v) is 9.76. The van der Waals surface area contributed by atoms with Crippen LogP contribution in [0.5, 0.6) is 0 Å². The Labute approximate surface area is 99.6 Å². The topological polar surface area (TPSA) is 75.7 Å². The average Bonchev–Trinajstić information content (AvgIpc) is 2.25. The van der Waals surface area contributed by atoms with Crippen molar-refractivity contribution < 1.29 is 14.9 Å². The Morgan fingerprint density at radius 1 is 1.38 bits per heavy atom. The standard InChI is InChI=1S/C11H16ClNO3/c1-2-9(16-11(13)15)10(14)7-5-3-4-6-8(7)12/h3-6,9-11,14-15H,2,13H2,1H3/t9-,10-,11?/m0/s1. The maximum Gasteiger partial charge on any atom is 0.211 e. The molecule has 90 valence electrons. The van der Waals surface area contributed by atoms with Gasteiger partial charge in [0.15, 0.2) is 0 Å². The summed E-state index contributed by atoms with van der Waals surface area (Å²) in [6, 6.07) is 6.95. The molecule has 0 amide bonds. The Balaban J connectivity index is 2.82.